The molecule has 1 aromatic carbocycles. The molecule has 3 rings (SSSR count). The third-order valence-corrected chi connectivity index (χ3v) is 6.52. The highest BCUT2D eigenvalue weighted by Crippen LogP contribution is 2.27. The van der Waals surface area contributed by atoms with E-state index in [4.69, 9.17) is 0 Å². The fourth-order valence-corrected chi connectivity index (χ4v) is 5.10. The van der Waals surface area contributed by atoms with E-state index in [9.17, 15) is 8.42 Å². The molecule has 0 saturated carbocycles. The van der Waals surface area contributed by atoms with Gasteiger partial charge in [0.1, 0.15) is 0 Å². The highest BCUT2D eigenvalue weighted by molar-refractivity contribution is 7.89. The first-order valence-electron chi connectivity index (χ1n) is 8.12. The summed E-state index contributed by atoms with van der Waals surface area (Å²) in [7, 11) is 0.383. The lowest BCUT2D eigenvalue weighted by Crippen LogP contribution is -2.44. The molecule has 6 nitrogen and oxygen atoms in total. The zero-order valence-corrected chi connectivity index (χ0v) is 15.2. The minimum atomic E-state index is -3.57. The molecule has 1 atom stereocenters. The smallest absolute Gasteiger partial charge is 0.243 e. The lowest BCUT2D eigenvalue weighted by atomic mass is 10.2. The first kappa shape index (κ1) is 17.1. The molecule has 24 heavy (non-hydrogen) atoms. The van der Waals surface area contributed by atoms with Gasteiger partial charge in [-0.25, -0.2) is 8.42 Å². The van der Waals surface area contributed by atoms with E-state index in [0.717, 1.165) is 24.2 Å². The molecule has 1 aliphatic rings. The van der Waals surface area contributed by atoms with Crippen LogP contribution in [-0.4, -0.2) is 54.1 Å². The SMILES string of the molecule is Cc1ccccc1S(=O)(=O)N1Cc2ccnn2CC[C@H]1CN(C)C. The third-order valence-electron chi connectivity index (χ3n) is 4.46. The van der Waals surface area contributed by atoms with E-state index in [2.05, 4.69) is 5.10 Å². The number of rotatable bonds is 4. The third kappa shape index (κ3) is 3.24. The van der Waals surface area contributed by atoms with Crippen LogP contribution < -0.4 is 0 Å². The van der Waals surface area contributed by atoms with Gasteiger partial charge in [0, 0.05) is 25.3 Å². The molecule has 1 aliphatic heterocycles. The van der Waals surface area contributed by atoms with Crippen LogP contribution in [0.3, 0.4) is 0 Å². The maximum Gasteiger partial charge on any atom is 0.243 e. The molecule has 1 aromatic heterocycles. The fraction of sp³-hybridized carbons (Fsp3) is 0.471. The number of aryl methyl sites for hydroxylation is 2. The lowest BCUT2D eigenvalue weighted by molar-refractivity contribution is 0.239. The molecular formula is C17H24N4O2S. The van der Waals surface area contributed by atoms with Crippen molar-refractivity contribution < 1.29 is 8.42 Å². The van der Waals surface area contributed by atoms with Gasteiger partial charge in [-0.2, -0.15) is 9.40 Å². The quantitative estimate of drug-likeness (QED) is 0.844. The van der Waals surface area contributed by atoms with E-state index < -0.39 is 10.0 Å². The van der Waals surface area contributed by atoms with Gasteiger partial charge >= 0.3 is 0 Å². The minimum absolute atomic E-state index is 0.0775. The van der Waals surface area contributed by atoms with Crippen molar-refractivity contribution >= 4 is 10.0 Å². The van der Waals surface area contributed by atoms with Crippen molar-refractivity contribution in [3.63, 3.8) is 0 Å². The summed E-state index contributed by atoms with van der Waals surface area (Å²) in [5.74, 6) is 0. The van der Waals surface area contributed by atoms with Crippen LogP contribution in [0.15, 0.2) is 41.4 Å². The molecule has 0 spiro atoms. The van der Waals surface area contributed by atoms with E-state index in [1.165, 1.54) is 0 Å². The van der Waals surface area contributed by atoms with E-state index in [-0.39, 0.29) is 6.04 Å². The summed E-state index contributed by atoms with van der Waals surface area (Å²) in [5, 5.41) is 4.32. The molecule has 2 heterocycles. The second-order valence-corrected chi connectivity index (χ2v) is 8.43. The Morgan fingerprint density at radius 2 is 2.00 bits per heavy atom. The molecule has 0 fully saturated rings. The number of fused-ring (bicyclic) bond motifs is 1. The summed E-state index contributed by atoms with van der Waals surface area (Å²) in [6.07, 6.45) is 2.48. The zero-order chi connectivity index (χ0) is 17.3. The molecule has 0 unspecified atom stereocenters. The number of nitrogens with zero attached hydrogens (tertiary/aromatic N) is 4. The molecule has 0 amide bonds. The molecule has 0 radical (unpaired) electrons. The van der Waals surface area contributed by atoms with Crippen molar-refractivity contribution in [1.29, 1.82) is 0 Å². The van der Waals surface area contributed by atoms with Gasteiger partial charge in [-0.05, 0) is 45.1 Å². The summed E-state index contributed by atoms with van der Waals surface area (Å²) in [6, 6.07) is 9.01. The van der Waals surface area contributed by atoms with Crippen LogP contribution in [0.2, 0.25) is 0 Å². The summed E-state index contributed by atoms with van der Waals surface area (Å²) >= 11 is 0. The number of benzene rings is 1. The number of sulfonamides is 1. The first-order chi connectivity index (χ1) is 11.4. The van der Waals surface area contributed by atoms with Gasteiger partial charge in [-0.1, -0.05) is 18.2 Å². The molecule has 0 saturated heterocycles. The largest absolute Gasteiger partial charge is 0.308 e. The highest BCUT2D eigenvalue weighted by Gasteiger charge is 2.35. The maximum atomic E-state index is 13.4. The van der Waals surface area contributed by atoms with Crippen LogP contribution in [0.25, 0.3) is 0 Å². The number of likely N-dealkylation sites (N-methyl/N-ethyl adjacent to an activating group) is 1. The van der Waals surface area contributed by atoms with Crippen LogP contribution >= 0.6 is 0 Å². The van der Waals surface area contributed by atoms with Gasteiger partial charge in [0.25, 0.3) is 0 Å². The minimum Gasteiger partial charge on any atom is -0.308 e. The fourth-order valence-electron chi connectivity index (χ4n) is 3.26. The Morgan fingerprint density at radius 1 is 1.25 bits per heavy atom. The predicted molar refractivity (Wildman–Crippen MR) is 93.1 cm³/mol. The standard InChI is InChI=1S/C17H24N4O2S/c1-14-6-4-5-7-17(14)24(22,23)21-13-15-8-10-18-20(15)11-9-16(21)12-19(2)3/h4-8,10,16H,9,11-13H2,1-3H3/t16-/m0/s1. The van der Waals surface area contributed by atoms with E-state index >= 15 is 0 Å². The molecule has 0 bridgehead atoms. The van der Waals surface area contributed by atoms with Gasteiger partial charge in [0.15, 0.2) is 0 Å². The Labute approximate surface area is 143 Å². The normalized spacial score (nSPS) is 19.2. The second-order valence-electron chi connectivity index (χ2n) is 6.57. The monoisotopic (exact) mass is 348 g/mol. The second kappa shape index (κ2) is 6.66. The topological polar surface area (TPSA) is 58.4 Å². The lowest BCUT2D eigenvalue weighted by Gasteiger charge is -2.31. The van der Waals surface area contributed by atoms with Crippen molar-refractivity contribution in [3.05, 3.63) is 47.8 Å². The van der Waals surface area contributed by atoms with Crippen molar-refractivity contribution in [2.45, 2.75) is 37.4 Å². The average molecular weight is 348 g/mol. The number of aromatic nitrogens is 2. The Kier molecular flexibility index (Phi) is 4.76. The molecule has 0 aliphatic carbocycles. The Hall–Kier alpha value is -1.70. The Morgan fingerprint density at radius 3 is 2.71 bits per heavy atom. The molecule has 0 N–H and O–H groups in total. The van der Waals surface area contributed by atoms with Crippen LogP contribution in [0.4, 0.5) is 0 Å². The zero-order valence-electron chi connectivity index (χ0n) is 14.4. The maximum absolute atomic E-state index is 13.4. The number of hydrogen-bond donors (Lipinski definition) is 0. The van der Waals surface area contributed by atoms with E-state index in [0.29, 0.717) is 18.0 Å². The molecular weight excluding hydrogens is 324 g/mol. The van der Waals surface area contributed by atoms with Crippen molar-refractivity contribution in [3.8, 4) is 0 Å². The van der Waals surface area contributed by atoms with Gasteiger partial charge in [-0.3, -0.25) is 4.68 Å². The van der Waals surface area contributed by atoms with Gasteiger partial charge in [0.05, 0.1) is 17.1 Å². The highest BCUT2D eigenvalue weighted by atomic mass is 32.2. The predicted octanol–water partition coefficient (Wildman–Crippen LogP) is 1.72. The Balaban J connectivity index is 2.04. The Bertz CT molecular complexity index is 814. The number of hydrogen-bond acceptors (Lipinski definition) is 4. The summed E-state index contributed by atoms with van der Waals surface area (Å²) < 4.78 is 30.3. The van der Waals surface area contributed by atoms with E-state index in [1.54, 1.807) is 22.6 Å². The van der Waals surface area contributed by atoms with E-state index in [1.807, 2.05) is 48.8 Å². The van der Waals surface area contributed by atoms with Crippen LogP contribution in [0, 0.1) is 6.92 Å². The molecule has 130 valence electrons. The molecule has 7 heteroatoms. The van der Waals surface area contributed by atoms with Crippen LogP contribution in [0.5, 0.6) is 0 Å². The summed E-state index contributed by atoms with van der Waals surface area (Å²) in [6.45, 7) is 3.63. The van der Waals surface area contributed by atoms with Crippen LogP contribution in [0.1, 0.15) is 17.7 Å². The molecule has 2 aromatic rings. The van der Waals surface area contributed by atoms with Gasteiger partial charge in [-0.15, -0.1) is 0 Å². The summed E-state index contributed by atoms with van der Waals surface area (Å²) in [5.41, 5.74) is 1.72. The first-order valence-corrected chi connectivity index (χ1v) is 9.56. The van der Waals surface area contributed by atoms with Crippen LogP contribution in [-0.2, 0) is 23.1 Å². The van der Waals surface area contributed by atoms with Crippen molar-refractivity contribution in [2.75, 3.05) is 20.6 Å². The summed E-state index contributed by atoms with van der Waals surface area (Å²) in [4.78, 5) is 2.43. The van der Waals surface area contributed by atoms with Gasteiger partial charge < -0.3 is 4.90 Å². The van der Waals surface area contributed by atoms with Crippen molar-refractivity contribution in [1.82, 2.24) is 19.0 Å². The van der Waals surface area contributed by atoms with Gasteiger partial charge in [0.2, 0.25) is 10.0 Å². The average Bonchev–Trinajstić information content (AvgIpc) is 2.89. The van der Waals surface area contributed by atoms with Crippen molar-refractivity contribution in [2.24, 2.45) is 0 Å².